The Balaban J connectivity index is 2.76. The molecule has 0 saturated carbocycles. The first-order chi connectivity index (χ1) is 10.7. The van der Waals surface area contributed by atoms with Gasteiger partial charge >= 0.3 is 5.97 Å². The van der Waals surface area contributed by atoms with E-state index in [4.69, 9.17) is 5.11 Å². The zero-order valence-corrected chi connectivity index (χ0v) is 14.2. The van der Waals surface area contributed by atoms with Crippen molar-refractivity contribution in [3.63, 3.8) is 0 Å². The third-order valence-electron chi connectivity index (χ3n) is 3.12. The standard InChI is InChI=1S/C16H23NO5S/c1-12(2)10-23(21,22)11-15(18)17-14(8-9-16(19)20)13-6-4-3-5-7-13/h3-7,12,14H,8-11H2,1-2H3,(H,17,18)(H,19,20). The molecule has 0 saturated heterocycles. The highest BCUT2D eigenvalue weighted by molar-refractivity contribution is 7.92. The number of aliphatic carboxylic acids is 1. The van der Waals surface area contributed by atoms with E-state index >= 15 is 0 Å². The monoisotopic (exact) mass is 341 g/mol. The first-order valence-corrected chi connectivity index (χ1v) is 9.28. The molecule has 0 radical (unpaired) electrons. The molecule has 1 aromatic carbocycles. The summed E-state index contributed by atoms with van der Waals surface area (Å²) in [6, 6.07) is 8.40. The second-order valence-corrected chi connectivity index (χ2v) is 8.02. The molecule has 0 spiro atoms. The summed E-state index contributed by atoms with van der Waals surface area (Å²) in [7, 11) is -3.47. The molecule has 6 nitrogen and oxygen atoms in total. The van der Waals surface area contributed by atoms with E-state index in [-0.39, 0.29) is 24.5 Å². The molecule has 2 N–H and O–H groups in total. The Morgan fingerprint density at radius 1 is 1.17 bits per heavy atom. The van der Waals surface area contributed by atoms with Gasteiger partial charge in [-0.15, -0.1) is 0 Å². The number of hydrogen-bond acceptors (Lipinski definition) is 4. The molecular formula is C16H23NO5S. The molecule has 0 aliphatic rings. The highest BCUT2D eigenvalue weighted by Gasteiger charge is 2.21. The molecular weight excluding hydrogens is 318 g/mol. The zero-order chi connectivity index (χ0) is 17.5. The van der Waals surface area contributed by atoms with E-state index in [0.29, 0.717) is 0 Å². The average molecular weight is 341 g/mol. The third kappa shape index (κ3) is 7.78. The lowest BCUT2D eigenvalue weighted by Gasteiger charge is -2.19. The van der Waals surface area contributed by atoms with E-state index in [1.807, 2.05) is 6.07 Å². The number of carboxylic acids is 1. The second kappa shape index (κ2) is 8.67. The summed E-state index contributed by atoms with van der Waals surface area (Å²) in [5, 5.41) is 11.5. The number of carbonyl (C=O) groups is 2. The minimum atomic E-state index is -3.47. The van der Waals surface area contributed by atoms with Crippen molar-refractivity contribution in [1.82, 2.24) is 5.32 Å². The molecule has 0 aliphatic heterocycles. The molecule has 0 fully saturated rings. The van der Waals surface area contributed by atoms with Gasteiger partial charge in [-0.1, -0.05) is 44.2 Å². The fourth-order valence-corrected chi connectivity index (χ4v) is 3.89. The molecule has 0 bridgehead atoms. The molecule has 0 aromatic heterocycles. The highest BCUT2D eigenvalue weighted by Crippen LogP contribution is 2.18. The van der Waals surface area contributed by atoms with E-state index in [1.165, 1.54) is 0 Å². The van der Waals surface area contributed by atoms with Gasteiger partial charge in [0, 0.05) is 6.42 Å². The maximum atomic E-state index is 12.0. The summed E-state index contributed by atoms with van der Waals surface area (Å²) in [4.78, 5) is 22.8. The Morgan fingerprint density at radius 2 is 1.78 bits per heavy atom. The van der Waals surface area contributed by atoms with Crippen LogP contribution in [0.1, 0.15) is 38.3 Å². The highest BCUT2D eigenvalue weighted by atomic mass is 32.2. The van der Waals surface area contributed by atoms with Gasteiger partial charge < -0.3 is 10.4 Å². The lowest BCUT2D eigenvalue weighted by Crippen LogP contribution is -2.35. The normalized spacial score (nSPS) is 12.8. The minimum absolute atomic E-state index is 0.0501. The number of rotatable bonds is 9. The van der Waals surface area contributed by atoms with Crippen LogP contribution < -0.4 is 5.32 Å². The van der Waals surface area contributed by atoms with Crippen molar-refractivity contribution in [2.75, 3.05) is 11.5 Å². The van der Waals surface area contributed by atoms with E-state index in [1.54, 1.807) is 38.1 Å². The Kier molecular flexibility index (Phi) is 7.22. The van der Waals surface area contributed by atoms with Crippen LogP contribution in [0.3, 0.4) is 0 Å². The van der Waals surface area contributed by atoms with Crippen LogP contribution in [-0.2, 0) is 19.4 Å². The fraction of sp³-hybridized carbons (Fsp3) is 0.500. The lowest BCUT2D eigenvalue weighted by atomic mass is 10.0. The SMILES string of the molecule is CC(C)CS(=O)(=O)CC(=O)NC(CCC(=O)O)c1ccccc1. The minimum Gasteiger partial charge on any atom is -0.481 e. The Morgan fingerprint density at radius 3 is 2.30 bits per heavy atom. The summed E-state index contributed by atoms with van der Waals surface area (Å²) in [6.07, 6.45) is 0.0912. The predicted octanol–water partition coefficient (Wildman–Crippen LogP) is 1.78. The Bertz CT molecular complexity index is 625. The molecule has 1 amide bonds. The number of sulfone groups is 1. The molecule has 128 valence electrons. The van der Waals surface area contributed by atoms with Gasteiger partial charge in [0.15, 0.2) is 9.84 Å². The molecule has 23 heavy (non-hydrogen) atoms. The topological polar surface area (TPSA) is 101 Å². The smallest absolute Gasteiger partial charge is 0.303 e. The van der Waals surface area contributed by atoms with Crippen LogP contribution in [-0.4, -0.2) is 36.9 Å². The van der Waals surface area contributed by atoms with E-state index in [9.17, 15) is 18.0 Å². The largest absolute Gasteiger partial charge is 0.481 e. The molecule has 1 unspecified atom stereocenters. The zero-order valence-electron chi connectivity index (χ0n) is 13.4. The van der Waals surface area contributed by atoms with Crippen molar-refractivity contribution in [3.05, 3.63) is 35.9 Å². The van der Waals surface area contributed by atoms with Gasteiger partial charge in [0.2, 0.25) is 5.91 Å². The summed E-state index contributed by atoms with van der Waals surface area (Å²) in [5.74, 6) is -2.25. The van der Waals surface area contributed by atoms with Gasteiger partial charge in [0.1, 0.15) is 5.75 Å². The number of hydrogen-bond donors (Lipinski definition) is 2. The van der Waals surface area contributed by atoms with Crippen molar-refractivity contribution < 1.29 is 23.1 Å². The van der Waals surface area contributed by atoms with Crippen molar-refractivity contribution in [3.8, 4) is 0 Å². The van der Waals surface area contributed by atoms with E-state index in [2.05, 4.69) is 5.32 Å². The lowest BCUT2D eigenvalue weighted by molar-refractivity contribution is -0.137. The van der Waals surface area contributed by atoms with Gasteiger partial charge in [-0.2, -0.15) is 0 Å². The maximum absolute atomic E-state index is 12.0. The average Bonchev–Trinajstić information content (AvgIpc) is 2.42. The van der Waals surface area contributed by atoms with E-state index in [0.717, 1.165) is 5.56 Å². The number of benzene rings is 1. The quantitative estimate of drug-likeness (QED) is 0.713. The van der Waals surface area contributed by atoms with E-state index < -0.39 is 33.5 Å². The number of carboxylic acid groups (broad SMARTS) is 1. The van der Waals surface area contributed by atoms with Crippen molar-refractivity contribution in [2.45, 2.75) is 32.7 Å². The number of carbonyl (C=O) groups excluding carboxylic acids is 1. The molecule has 1 rings (SSSR count). The van der Waals surface area contributed by atoms with Crippen LogP contribution in [0.5, 0.6) is 0 Å². The van der Waals surface area contributed by atoms with Gasteiger partial charge in [0.05, 0.1) is 11.8 Å². The number of nitrogens with one attached hydrogen (secondary N) is 1. The van der Waals surface area contributed by atoms with Gasteiger partial charge in [-0.25, -0.2) is 8.42 Å². The predicted molar refractivity (Wildman–Crippen MR) is 87.7 cm³/mol. The van der Waals surface area contributed by atoms with Crippen LogP contribution in [0, 0.1) is 5.92 Å². The first kappa shape index (κ1) is 19.2. The van der Waals surface area contributed by atoms with Crippen molar-refractivity contribution in [1.29, 1.82) is 0 Å². The molecule has 0 heterocycles. The van der Waals surface area contributed by atoms with Crippen molar-refractivity contribution >= 4 is 21.7 Å². The van der Waals surface area contributed by atoms with Crippen LogP contribution in [0.25, 0.3) is 0 Å². The second-order valence-electron chi connectivity index (χ2n) is 5.91. The fourth-order valence-electron chi connectivity index (χ4n) is 2.28. The first-order valence-electron chi connectivity index (χ1n) is 7.46. The number of amides is 1. The summed E-state index contributed by atoms with van der Waals surface area (Å²) >= 11 is 0. The Hall–Kier alpha value is -1.89. The van der Waals surface area contributed by atoms with Crippen LogP contribution in [0.2, 0.25) is 0 Å². The van der Waals surface area contributed by atoms with Gasteiger partial charge in [-0.05, 0) is 17.9 Å². The van der Waals surface area contributed by atoms with Gasteiger partial charge in [0.25, 0.3) is 0 Å². The third-order valence-corrected chi connectivity index (χ3v) is 5.00. The van der Waals surface area contributed by atoms with Crippen molar-refractivity contribution in [2.24, 2.45) is 5.92 Å². The molecule has 0 aliphatic carbocycles. The molecule has 1 atom stereocenters. The summed E-state index contributed by atoms with van der Waals surface area (Å²) < 4.78 is 23.8. The summed E-state index contributed by atoms with van der Waals surface area (Å²) in [5.41, 5.74) is 0.753. The van der Waals surface area contributed by atoms with Crippen LogP contribution >= 0.6 is 0 Å². The Labute approximate surface area is 136 Å². The molecule has 7 heteroatoms. The van der Waals surface area contributed by atoms with Crippen LogP contribution in [0.4, 0.5) is 0 Å². The van der Waals surface area contributed by atoms with Gasteiger partial charge in [-0.3, -0.25) is 9.59 Å². The summed E-state index contributed by atoms with van der Waals surface area (Å²) in [6.45, 7) is 3.55. The van der Waals surface area contributed by atoms with Crippen LogP contribution in [0.15, 0.2) is 30.3 Å². The molecule has 1 aromatic rings. The maximum Gasteiger partial charge on any atom is 0.303 e.